The lowest BCUT2D eigenvalue weighted by atomic mass is 10.2. The average molecular weight is 306 g/mol. The smallest absolute Gasteiger partial charge is 0.205 e. The number of piperazine rings is 1. The first-order chi connectivity index (χ1) is 10.3. The van der Waals surface area contributed by atoms with E-state index in [4.69, 9.17) is 4.74 Å². The van der Waals surface area contributed by atoms with Crippen molar-refractivity contribution in [3.05, 3.63) is 30.1 Å². The minimum atomic E-state index is 0.303. The van der Waals surface area contributed by atoms with Crippen molar-refractivity contribution in [2.75, 3.05) is 43.1 Å². The van der Waals surface area contributed by atoms with Crippen molar-refractivity contribution in [2.24, 2.45) is 0 Å². The van der Waals surface area contributed by atoms with Gasteiger partial charge in [0.15, 0.2) is 5.82 Å². The van der Waals surface area contributed by atoms with E-state index in [2.05, 4.69) is 19.2 Å². The third-order valence-corrected chi connectivity index (χ3v) is 4.31. The maximum absolute atomic E-state index is 9.34. The first kappa shape index (κ1) is 14.1. The Kier molecular flexibility index (Phi) is 4.21. The molecule has 0 spiro atoms. The van der Waals surface area contributed by atoms with E-state index >= 15 is 0 Å². The second kappa shape index (κ2) is 6.28. The van der Waals surface area contributed by atoms with Gasteiger partial charge < -0.3 is 19.6 Å². The number of phenolic OH excluding ortho intramolecular Hbond substituents is 1. The molecule has 0 saturated carbocycles. The minimum absolute atomic E-state index is 0.303. The summed E-state index contributed by atoms with van der Waals surface area (Å²) in [6, 6.07) is 7.35. The molecular formula is C14H18N4O2S. The largest absolute Gasteiger partial charge is 0.508 e. The number of aromatic nitrogens is 2. The summed E-state index contributed by atoms with van der Waals surface area (Å²) < 4.78 is 9.34. The molecule has 1 saturated heterocycles. The van der Waals surface area contributed by atoms with E-state index < -0.39 is 0 Å². The number of anilines is 2. The molecule has 1 aliphatic heterocycles. The van der Waals surface area contributed by atoms with Crippen LogP contribution in [0.2, 0.25) is 0 Å². The van der Waals surface area contributed by atoms with E-state index in [9.17, 15) is 5.11 Å². The van der Waals surface area contributed by atoms with Gasteiger partial charge in [-0.3, -0.25) is 0 Å². The van der Waals surface area contributed by atoms with Gasteiger partial charge in [-0.2, -0.15) is 4.37 Å². The molecule has 1 aromatic carbocycles. The summed E-state index contributed by atoms with van der Waals surface area (Å²) in [7, 11) is 1.65. The molecule has 0 unspecified atom stereocenters. The molecule has 1 fully saturated rings. The SMILES string of the molecule is COCc1nsc(N2CCN(c3ccc(O)cc3)CC2)n1. The van der Waals surface area contributed by atoms with Gasteiger partial charge in [-0.15, -0.1) is 0 Å². The summed E-state index contributed by atoms with van der Waals surface area (Å²) in [6.45, 7) is 4.17. The Morgan fingerprint density at radius 2 is 1.81 bits per heavy atom. The van der Waals surface area contributed by atoms with Crippen LogP contribution in [0, 0.1) is 0 Å². The number of ether oxygens (including phenoxy) is 1. The molecule has 0 atom stereocenters. The van der Waals surface area contributed by atoms with Gasteiger partial charge in [0, 0.05) is 50.5 Å². The van der Waals surface area contributed by atoms with Crippen molar-refractivity contribution in [1.29, 1.82) is 0 Å². The predicted molar refractivity (Wildman–Crippen MR) is 83.2 cm³/mol. The molecule has 3 rings (SSSR count). The lowest BCUT2D eigenvalue weighted by molar-refractivity contribution is 0.179. The Morgan fingerprint density at radius 3 is 2.48 bits per heavy atom. The Labute approximate surface area is 127 Å². The quantitative estimate of drug-likeness (QED) is 0.928. The summed E-state index contributed by atoms with van der Waals surface area (Å²) in [4.78, 5) is 9.06. The van der Waals surface area contributed by atoms with Crippen molar-refractivity contribution in [1.82, 2.24) is 9.36 Å². The molecule has 1 N–H and O–H groups in total. The Balaban J connectivity index is 1.60. The highest BCUT2D eigenvalue weighted by Gasteiger charge is 2.20. The van der Waals surface area contributed by atoms with E-state index in [1.165, 1.54) is 11.5 Å². The summed E-state index contributed by atoms with van der Waals surface area (Å²) >= 11 is 1.43. The number of hydrogen-bond donors (Lipinski definition) is 1. The topological polar surface area (TPSA) is 61.7 Å². The molecule has 0 amide bonds. The van der Waals surface area contributed by atoms with Crippen molar-refractivity contribution in [3.63, 3.8) is 0 Å². The maximum Gasteiger partial charge on any atom is 0.205 e. The fourth-order valence-electron chi connectivity index (χ4n) is 2.38. The average Bonchev–Trinajstić information content (AvgIpc) is 2.97. The van der Waals surface area contributed by atoms with Crippen LogP contribution in [0.4, 0.5) is 10.8 Å². The molecule has 0 bridgehead atoms. The predicted octanol–water partition coefficient (Wildman–Crippen LogP) is 1.72. The third-order valence-electron chi connectivity index (χ3n) is 3.50. The standard InChI is InChI=1S/C14H18N4O2S/c1-20-10-13-15-14(21-16-13)18-8-6-17(7-9-18)11-2-4-12(19)5-3-11/h2-5,19H,6-10H2,1H3. The first-order valence-electron chi connectivity index (χ1n) is 6.87. The highest BCUT2D eigenvalue weighted by Crippen LogP contribution is 2.23. The molecule has 2 heterocycles. The van der Waals surface area contributed by atoms with Crippen LogP contribution in [0.5, 0.6) is 5.75 Å². The van der Waals surface area contributed by atoms with Crippen molar-refractivity contribution in [3.8, 4) is 5.75 Å². The van der Waals surface area contributed by atoms with Gasteiger partial charge in [-0.1, -0.05) is 0 Å². The second-order valence-corrected chi connectivity index (χ2v) is 5.65. The van der Waals surface area contributed by atoms with Crippen molar-refractivity contribution in [2.45, 2.75) is 6.61 Å². The van der Waals surface area contributed by atoms with Gasteiger partial charge in [0.1, 0.15) is 12.4 Å². The lowest BCUT2D eigenvalue weighted by Crippen LogP contribution is -2.46. The highest BCUT2D eigenvalue weighted by atomic mass is 32.1. The summed E-state index contributed by atoms with van der Waals surface area (Å²) in [5.41, 5.74) is 1.14. The Morgan fingerprint density at radius 1 is 1.14 bits per heavy atom. The lowest BCUT2D eigenvalue weighted by Gasteiger charge is -2.35. The molecule has 1 aliphatic rings. The molecular weight excluding hydrogens is 288 g/mol. The van der Waals surface area contributed by atoms with Crippen LogP contribution in [-0.2, 0) is 11.3 Å². The van der Waals surface area contributed by atoms with Gasteiger partial charge in [0.05, 0.1) is 0 Å². The monoisotopic (exact) mass is 306 g/mol. The van der Waals surface area contributed by atoms with Gasteiger partial charge in [-0.05, 0) is 24.3 Å². The zero-order valence-corrected chi connectivity index (χ0v) is 12.7. The normalized spacial score (nSPS) is 15.5. The molecule has 7 heteroatoms. The maximum atomic E-state index is 9.34. The molecule has 112 valence electrons. The number of aromatic hydroxyl groups is 1. The van der Waals surface area contributed by atoms with E-state index in [1.807, 2.05) is 12.1 Å². The van der Waals surface area contributed by atoms with Crippen LogP contribution in [0.25, 0.3) is 0 Å². The number of benzene rings is 1. The number of nitrogens with zero attached hydrogens (tertiary/aromatic N) is 4. The summed E-state index contributed by atoms with van der Waals surface area (Å²) in [5.74, 6) is 1.05. The number of phenols is 1. The molecule has 21 heavy (non-hydrogen) atoms. The zero-order valence-electron chi connectivity index (χ0n) is 11.9. The fraction of sp³-hybridized carbons (Fsp3) is 0.429. The molecule has 2 aromatic rings. The number of methoxy groups -OCH3 is 1. The van der Waals surface area contributed by atoms with Crippen molar-refractivity contribution < 1.29 is 9.84 Å². The van der Waals surface area contributed by atoms with Crippen LogP contribution >= 0.6 is 11.5 Å². The fourth-order valence-corrected chi connectivity index (χ4v) is 3.11. The van der Waals surface area contributed by atoms with Gasteiger partial charge >= 0.3 is 0 Å². The van der Waals surface area contributed by atoms with E-state index in [1.54, 1.807) is 19.2 Å². The van der Waals surface area contributed by atoms with Crippen LogP contribution < -0.4 is 9.80 Å². The van der Waals surface area contributed by atoms with Crippen LogP contribution in [0.15, 0.2) is 24.3 Å². The van der Waals surface area contributed by atoms with Gasteiger partial charge in [-0.25, -0.2) is 4.98 Å². The van der Waals surface area contributed by atoms with Crippen molar-refractivity contribution >= 4 is 22.4 Å². The Bertz CT molecular complexity index is 579. The highest BCUT2D eigenvalue weighted by molar-refractivity contribution is 7.09. The van der Waals surface area contributed by atoms with E-state index in [0.29, 0.717) is 12.4 Å². The van der Waals surface area contributed by atoms with Crippen LogP contribution in [0.1, 0.15) is 5.82 Å². The zero-order chi connectivity index (χ0) is 14.7. The molecule has 6 nitrogen and oxygen atoms in total. The number of rotatable bonds is 4. The Hall–Kier alpha value is -1.86. The summed E-state index contributed by atoms with van der Waals surface area (Å²) in [5, 5.41) is 10.3. The van der Waals surface area contributed by atoms with Gasteiger partial charge in [0.2, 0.25) is 5.13 Å². The first-order valence-corrected chi connectivity index (χ1v) is 7.64. The minimum Gasteiger partial charge on any atom is -0.508 e. The summed E-state index contributed by atoms with van der Waals surface area (Å²) in [6.07, 6.45) is 0. The van der Waals surface area contributed by atoms with Gasteiger partial charge in [0.25, 0.3) is 0 Å². The third kappa shape index (κ3) is 3.25. The molecule has 0 aliphatic carbocycles. The molecule has 0 radical (unpaired) electrons. The number of hydrogen-bond acceptors (Lipinski definition) is 7. The second-order valence-electron chi connectivity index (χ2n) is 4.92. The van der Waals surface area contributed by atoms with Crippen LogP contribution in [-0.4, -0.2) is 47.8 Å². The van der Waals surface area contributed by atoms with Crippen LogP contribution in [0.3, 0.4) is 0 Å². The van der Waals surface area contributed by atoms with E-state index in [0.717, 1.165) is 42.8 Å². The van der Waals surface area contributed by atoms with E-state index in [-0.39, 0.29) is 0 Å². The molecule has 1 aromatic heterocycles.